The van der Waals surface area contributed by atoms with Gasteiger partial charge in [-0.3, -0.25) is 23.8 Å². The van der Waals surface area contributed by atoms with Gasteiger partial charge in [0.1, 0.15) is 17.5 Å². The average molecular weight is 557 g/mol. The number of benzene rings is 2. The van der Waals surface area contributed by atoms with Gasteiger partial charge in [-0.25, -0.2) is 14.9 Å². The molecule has 4 aromatic rings. The third-order valence-electron chi connectivity index (χ3n) is 6.28. The molecule has 39 heavy (non-hydrogen) atoms. The first-order valence-electron chi connectivity index (χ1n) is 12.2. The van der Waals surface area contributed by atoms with Gasteiger partial charge in [-0.2, -0.15) is 0 Å². The zero-order valence-electron chi connectivity index (χ0n) is 20.5. The molecule has 0 aliphatic carbocycles. The summed E-state index contributed by atoms with van der Waals surface area (Å²) < 4.78 is 1.38. The Morgan fingerprint density at radius 1 is 1.03 bits per heavy atom. The minimum Gasteiger partial charge on any atom is -0.352 e. The average Bonchev–Trinajstić information content (AvgIpc) is 3.27. The number of para-hydroxylation sites is 1. The van der Waals surface area contributed by atoms with E-state index in [1.165, 1.54) is 33.3 Å². The summed E-state index contributed by atoms with van der Waals surface area (Å²) >= 11 is 7.29. The largest absolute Gasteiger partial charge is 0.352 e. The highest BCUT2D eigenvalue weighted by Crippen LogP contribution is 2.34. The minimum atomic E-state index is -0.860. The lowest BCUT2D eigenvalue weighted by molar-refractivity contribution is -0.128. The number of amides is 2. The lowest BCUT2D eigenvalue weighted by Gasteiger charge is -2.25. The third-order valence-corrected chi connectivity index (χ3v) is 7.48. The Morgan fingerprint density at radius 2 is 1.82 bits per heavy atom. The molecule has 194 valence electrons. The van der Waals surface area contributed by atoms with Crippen molar-refractivity contribution in [3.63, 3.8) is 0 Å². The van der Waals surface area contributed by atoms with Gasteiger partial charge in [-0.1, -0.05) is 65.8 Å². The standard InChI is InChI=1S/C28H21ClN6O3S/c29-18-10-11-23-31-19(12-25(37)34(23)15-18)16-39-28-33-21-9-5-4-8-20(21)26-32-22(27(38)35(26)28)13-24(36)30-14-17-6-2-1-3-7-17/h1-12,15,22H,13-14,16H2,(H,30,36)/t22-/m1/s1. The summed E-state index contributed by atoms with van der Waals surface area (Å²) in [6, 6.07) is 20.9. The number of rotatable bonds is 6. The molecule has 0 bridgehead atoms. The first-order chi connectivity index (χ1) is 19.0. The summed E-state index contributed by atoms with van der Waals surface area (Å²) in [4.78, 5) is 54.2. The summed E-state index contributed by atoms with van der Waals surface area (Å²) in [6.45, 7) is 0.372. The second-order valence-corrected chi connectivity index (χ2v) is 10.3. The van der Waals surface area contributed by atoms with E-state index in [4.69, 9.17) is 16.6 Å². The number of amidine groups is 2. The molecule has 0 fully saturated rings. The second-order valence-electron chi connectivity index (χ2n) is 8.97. The molecule has 2 aliphatic heterocycles. The molecule has 0 radical (unpaired) electrons. The van der Waals surface area contributed by atoms with Crippen LogP contribution in [0.15, 0.2) is 93.8 Å². The number of nitrogens with one attached hydrogen (secondary N) is 1. The molecule has 0 unspecified atom stereocenters. The van der Waals surface area contributed by atoms with Crippen LogP contribution in [0, 0.1) is 0 Å². The molecule has 0 spiro atoms. The van der Waals surface area contributed by atoms with Crippen molar-refractivity contribution in [1.29, 1.82) is 0 Å². The Kier molecular flexibility index (Phi) is 6.72. The van der Waals surface area contributed by atoms with Gasteiger partial charge < -0.3 is 5.32 Å². The summed E-state index contributed by atoms with van der Waals surface area (Å²) in [5.41, 5.74) is 3.13. The Hall–Kier alpha value is -4.28. The molecule has 0 saturated heterocycles. The van der Waals surface area contributed by atoms with Gasteiger partial charge in [-0.05, 0) is 29.8 Å². The number of hydrogen-bond donors (Lipinski definition) is 1. The molecule has 9 nitrogen and oxygen atoms in total. The zero-order valence-corrected chi connectivity index (χ0v) is 22.0. The van der Waals surface area contributed by atoms with Crippen LogP contribution in [0.2, 0.25) is 5.02 Å². The fourth-order valence-electron chi connectivity index (χ4n) is 4.41. The molecule has 2 aromatic carbocycles. The van der Waals surface area contributed by atoms with Crippen LogP contribution in [-0.4, -0.2) is 43.1 Å². The predicted molar refractivity (Wildman–Crippen MR) is 151 cm³/mol. The van der Waals surface area contributed by atoms with E-state index in [2.05, 4.69) is 15.3 Å². The van der Waals surface area contributed by atoms with Crippen molar-refractivity contribution < 1.29 is 9.59 Å². The van der Waals surface area contributed by atoms with Crippen LogP contribution in [0.4, 0.5) is 5.69 Å². The maximum absolute atomic E-state index is 13.5. The Bertz CT molecular complexity index is 1740. The van der Waals surface area contributed by atoms with Crippen LogP contribution in [0.5, 0.6) is 0 Å². The van der Waals surface area contributed by atoms with Crippen LogP contribution >= 0.6 is 23.4 Å². The van der Waals surface area contributed by atoms with Gasteiger partial charge in [0, 0.05) is 30.1 Å². The number of aromatic nitrogens is 2. The van der Waals surface area contributed by atoms with E-state index in [1.54, 1.807) is 12.1 Å². The first kappa shape index (κ1) is 25.0. The van der Waals surface area contributed by atoms with Crippen molar-refractivity contribution in [3.05, 3.63) is 111 Å². The number of hydrogen-bond acceptors (Lipinski definition) is 7. The number of thioether (sulfide) groups is 1. The smallest absolute Gasteiger partial charge is 0.259 e. The molecule has 2 amide bonds. The van der Waals surface area contributed by atoms with Crippen LogP contribution in [0.3, 0.4) is 0 Å². The molecule has 6 rings (SSSR count). The van der Waals surface area contributed by atoms with Crippen molar-refractivity contribution >= 4 is 57.5 Å². The summed E-state index contributed by atoms with van der Waals surface area (Å²) in [6.07, 6.45) is 1.45. The van der Waals surface area contributed by atoms with E-state index >= 15 is 0 Å². The van der Waals surface area contributed by atoms with Gasteiger partial charge in [-0.15, -0.1) is 0 Å². The minimum absolute atomic E-state index is 0.0721. The van der Waals surface area contributed by atoms with Gasteiger partial charge in [0.05, 0.1) is 22.8 Å². The normalized spacial score (nSPS) is 16.0. The number of carbonyl (C=O) groups is 2. The number of fused-ring (bicyclic) bond motifs is 4. The number of pyridine rings is 1. The van der Waals surface area contributed by atoms with Crippen molar-refractivity contribution in [2.45, 2.75) is 24.8 Å². The van der Waals surface area contributed by atoms with Gasteiger partial charge in [0.25, 0.3) is 11.5 Å². The fraction of sp³-hybridized carbons (Fsp3) is 0.143. The van der Waals surface area contributed by atoms with Crippen LogP contribution in [0.25, 0.3) is 5.65 Å². The number of aliphatic imine (C=N–C) groups is 2. The van der Waals surface area contributed by atoms with E-state index in [-0.39, 0.29) is 23.8 Å². The Labute approximate surface area is 232 Å². The topological polar surface area (TPSA) is 108 Å². The van der Waals surface area contributed by atoms with Crippen molar-refractivity contribution in [2.24, 2.45) is 9.98 Å². The molecule has 1 N–H and O–H groups in total. The predicted octanol–water partition coefficient (Wildman–Crippen LogP) is 3.95. The lowest BCUT2D eigenvalue weighted by atomic mass is 10.1. The molecule has 4 heterocycles. The van der Waals surface area contributed by atoms with Crippen molar-refractivity contribution in [3.8, 4) is 0 Å². The number of nitrogens with zero attached hydrogens (tertiary/aromatic N) is 5. The molecule has 1 atom stereocenters. The Balaban J connectivity index is 1.22. The van der Waals surface area contributed by atoms with Crippen molar-refractivity contribution in [1.82, 2.24) is 19.6 Å². The molecular formula is C28H21ClN6O3S. The van der Waals surface area contributed by atoms with E-state index in [9.17, 15) is 14.4 Å². The molecule has 2 aromatic heterocycles. The maximum atomic E-state index is 13.5. The quantitative estimate of drug-likeness (QED) is 0.387. The van der Waals surface area contributed by atoms with Crippen LogP contribution < -0.4 is 10.9 Å². The zero-order chi connectivity index (χ0) is 26.9. The van der Waals surface area contributed by atoms with E-state index in [0.29, 0.717) is 45.4 Å². The van der Waals surface area contributed by atoms with Crippen LogP contribution in [-0.2, 0) is 21.9 Å². The highest BCUT2D eigenvalue weighted by Gasteiger charge is 2.42. The highest BCUT2D eigenvalue weighted by molar-refractivity contribution is 8.13. The molecule has 2 aliphatic rings. The molecular weight excluding hydrogens is 536 g/mol. The van der Waals surface area contributed by atoms with Crippen LogP contribution in [0.1, 0.15) is 23.2 Å². The van der Waals surface area contributed by atoms with E-state index in [1.807, 2.05) is 54.6 Å². The lowest BCUT2D eigenvalue weighted by Crippen LogP contribution is -2.42. The fourth-order valence-corrected chi connectivity index (χ4v) is 5.47. The molecule has 0 saturated carbocycles. The Morgan fingerprint density at radius 3 is 2.67 bits per heavy atom. The number of carbonyl (C=O) groups excluding carboxylic acids is 2. The SMILES string of the molecule is O=C(C[C@H]1N=C2c3ccccc3N=C(SCc3cc(=O)n4cc(Cl)ccc4n3)N2C1=O)NCc1ccccc1. The summed E-state index contributed by atoms with van der Waals surface area (Å²) in [5, 5.41) is 3.72. The maximum Gasteiger partial charge on any atom is 0.259 e. The van der Waals surface area contributed by atoms with Gasteiger partial charge >= 0.3 is 0 Å². The number of halogens is 1. The first-order valence-corrected chi connectivity index (χ1v) is 13.5. The van der Waals surface area contributed by atoms with Gasteiger partial charge in [0.15, 0.2) is 5.17 Å². The van der Waals surface area contributed by atoms with E-state index < -0.39 is 6.04 Å². The van der Waals surface area contributed by atoms with E-state index in [0.717, 1.165) is 11.1 Å². The molecule has 11 heteroatoms. The summed E-state index contributed by atoms with van der Waals surface area (Å²) in [7, 11) is 0. The van der Waals surface area contributed by atoms with Crippen molar-refractivity contribution in [2.75, 3.05) is 0 Å². The van der Waals surface area contributed by atoms with Gasteiger partial charge in [0.2, 0.25) is 5.91 Å². The highest BCUT2D eigenvalue weighted by atomic mass is 35.5. The summed E-state index contributed by atoms with van der Waals surface area (Å²) in [5.74, 6) is 0.188. The second kappa shape index (κ2) is 10.5. The monoisotopic (exact) mass is 556 g/mol. The third kappa shape index (κ3) is 5.08.